The Morgan fingerprint density at radius 3 is 2.35 bits per heavy atom. The van der Waals surface area contributed by atoms with Crippen LogP contribution in [0.4, 0.5) is 4.39 Å². The smallest absolute Gasteiger partial charge is 0.164 e. The van der Waals surface area contributed by atoms with Crippen molar-refractivity contribution >= 4 is 13.9 Å². The first kappa shape index (κ1) is 17.7. The molecule has 0 aromatic heterocycles. The summed E-state index contributed by atoms with van der Waals surface area (Å²) in [5.41, 5.74) is 2.05. The normalized spacial score (nSPS) is 14.0. The van der Waals surface area contributed by atoms with Gasteiger partial charge in [-0.15, -0.1) is 0 Å². The average Bonchev–Trinajstić information content (AvgIpc) is 2.57. The molecule has 0 N–H and O–H groups in total. The van der Waals surface area contributed by atoms with Crippen LogP contribution in [-0.2, 0) is 5.16 Å². The van der Waals surface area contributed by atoms with Crippen LogP contribution in [0.1, 0.15) is 31.4 Å². The Morgan fingerprint density at radius 1 is 1.09 bits per heavy atom. The average molecular weight is 334 g/mol. The van der Waals surface area contributed by atoms with Gasteiger partial charge >= 0.3 is 0 Å². The summed E-state index contributed by atoms with van der Waals surface area (Å²) in [6.45, 7) is 6.25. The van der Waals surface area contributed by atoms with Crippen molar-refractivity contribution < 1.29 is 13.9 Å². The molecule has 0 aliphatic carbocycles. The second kappa shape index (κ2) is 7.31. The number of halogens is 1. The molecule has 0 bridgehead atoms. The van der Waals surface area contributed by atoms with Gasteiger partial charge in [-0.05, 0) is 31.0 Å². The second-order valence-electron chi connectivity index (χ2n) is 5.78. The SMILES string of the molecule is CCC(C)(Pc1c(C)cccc1F)c1cccc(OC)c1OC. The third-order valence-corrected chi connectivity index (χ3v) is 6.39. The van der Waals surface area contributed by atoms with Gasteiger partial charge in [0.05, 0.1) is 14.2 Å². The van der Waals surface area contributed by atoms with Crippen molar-refractivity contribution in [3.63, 3.8) is 0 Å². The first-order valence-corrected chi connectivity index (χ1v) is 8.71. The molecule has 2 nitrogen and oxygen atoms in total. The van der Waals surface area contributed by atoms with Crippen molar-refractivity contribution in [1.29, 1.82) is 0 Å². The van der Waals surface area contributed by atoms with Crippen LogP contribution in [0, 0.1) is 12.7 Å². The Hall–Kier alpha value is -1.60. The van der Waals surface area contributed by atoms with Crippen LogP contribution < -0.4 is 14.8 Å². The number of methoxy groups -OCH3 is 2. The van der Waals surface area contributed by atoms with Crippen molar-refractivity contribution in [2.75, 3.05) is 14.2 Å². The quantitative estimate of drug-likeness (QED) is 0.708. The van der Waals surface area contributed by atoms with Crippen LogP contribution in [0.15, 0.2) is 36.4 Å². The van der Waals surface area contributed by atoms with Gasteiger partial charge in [0.25, 0.3) is 0 Å². The van der Waals surface area contributed by atoms with Crippen LogP contribution >= 0.6 is 8.58 Å². The van der Waals surface area contributed by atoms with Crippen LogP contribution in [-0.4, -0.2) is 14.2 Å². The molecule has 0 amide bonds. The molecule has 0 aliphatic heterocycles. The Morgan fingerprint density at radius 2 is 1.78 bits per heavy atom. The van der Waals surface area contributed by atoms with Gasteiger partial charge in [0.1, 0.15) is 5.82 Å². The van der Waals surface area contributed by atoms with Crippen LogP contribution in [0.3, 0.4) is 0 Å². The highest BCUT2D eigenvalue weighted by molar-refractivity contribution is 7.48. The zero-order chi connectivity index (χ0) is 17.0. The monoisotopic (exact) mass is 334 g/mol. The summed E-state index contributed by atoms with van der Waals surface area (Å²) in [5, 5.41) is 0.578. The van der Waals surface area contributed by atoms with Gasteiger partial charge in [0, 0.05) is 16.0 Å². The van der Waals surface area contributed by atoms with Gasteiger partial charge in [-0.2, -0.15) is 0 Å². The van der Waals surface area contributed by atoms with E-state index in [1.807, 2.05) is 31.2 Å². The third-order valence-electron chi connectivity index (χ3n) is 4.33. The fraction of sp³-hybridized carbons (Fsp3) is 0.368. The number of para-hydroxylation sites is 1. The molecule has 2 atom stereocenters. The van der Waals surface area contributed by atoms with Crippen molar-refractivity contribution in [2.45, 2.75) is 32.3 Å². The lowest BCUT2D eigenvalue weighted by atomic mass is 9.96. The van der Waals surface area contributed by atoms with E-state index in [2.05, 4.69) is 13.8 Å². The van der Waals surface area contributed by atoms with E-state index in [0.29, 0.717) is 14.3 Å². The molecular weight excluding hydrogens is 310 g/mol. The fourth-order valence-electron chi connectivity index (χ4n) is 2.73. The van der Waals surface area contributed by atoms with E-state index >= 15 is 0 Å². The molecule has 2 rings (SSSR count). The van der Waals surface area contributed by atoms with Crippen molar-refractivity contribution in [1.82, 2.24) is 0 Å². The van der Waals surface area contributed by atoms with Crippen LogP contribution in [0.25, 0.3) is 0 Å². The number of aryl methyl sites for hydroxylation is 1. The molecule has 124 valence electrons. The maximum atomic E-state index is 14.3. The van der Waals surface area contributed by atoms with E-state index in [0.717, 1.165) is 28.6 Å². The van der Waals surface area contributed by atoms with E-state index in [1.165, 1.54) is 6.07 Å². The summed E-state index contributed by atoms with van der Waals surface area (Å²) in [6.07, 6.45) is 0.878. The summed E-state index contributed by atoms with van der Waals surface area (Å²) in [6, 6.07) is 11.2. The van der Waals surface area contributed by atoms with Crippen molar-refractivity contribution in [3.05, 3.63) is 53.3 Å². The number of benzene rings is 2. The van der Waals surface area contributed by atoms with E-state index in [9.17, 15) is 4.39 Å². The van der Waals surface area contributed by atoms with Gasteiger partial charge in [0.2, 0.25) is 0 Å². The maximum absolute atomic E-state index is 14.3. The molecule has 2 unspecified atom stereocenters. The van der Waals surface area contributed by atoms with Crippen LogP contribution in [0.5, 0.6) is 11.5 Å². The maximum Gasteiger partial charge on any atom is 0.164 e. The van der Waals surface area contributed by atoms with Gasteiger partial charge in [-0.3, -0.25) is 0 Å². The second-order valence-corrected chi connectivity index (χ2v) is 7.64. The van der Waals surface area contributed by atoms with Crippen molar-refractivity contribution in [2.24, 2.45) is 0 Å². The fourth-order valence-corrected chi connectivity index (χ4v) is 4.28. The largest absolute Gasteiger partial charge is 0.493 e. The molecule has 2 aromatic rings. The van der Waals surface area contributed by atoms with E-state index in [4.69, 9.17) is 9.47 Å². The van der Waals surface area contributed by atoms with E-state index in [-0.39, 0.29) is 11.0 Å². The van der Waals surface area contributed by atoms with Gasteiger partial charge in [-0.25, -0.2) is 4.39 Å². The van der Waals surface area contributed by atoms with Crippen molar-refractivity contribution in [3.8, 4) is 11.5 Å². The highest BCUT2D eigenvalue weighted by atomic mass is 31.1. The zero-order valence-corrected chi connectivity index (χ0v) is 15.4. The molecular formula is C19H24FO2P. The number of hydrogen-bond acceptors (Lipinski definition) is 2. The van der Waals surface area contributed by atoms with Gasteiger partial charge < -0.3 is 9.47 Å². The molecule has 0 spiro atoms. The lowest BCUT2D eigenvalue weighted by Gasteiger charge is -2.32. The molecule has 0 saturated heterocycles. The number of hydrogen-bond donors (Lipinski definition) is 0. The predicted octanol–water partition coefficient (Wildman–Crippen LogP) is 4.78. The standard InChI is InChI=1S/C19H24FO2P/c1-6-19(3,23-18-13(2)9-7-11-15(18)20)14-10-8-12-16(21-4)17(14)22-5/h7-12,23H,6H2,1-5H3. The molecule has 0 aliphatic rings. The first-order chi connectivity index (χ1) is 11.0. The molecule has 0 saturated carbocycles. The van der Waals surface area contributed by atoms with E-state index < -0.39 is 0 Å². The lowest BCUT2D eigenvalue weighted by molar-refractivity contribution is 0.348. The minimum absolute atomic E-state index is 0.134. The third kappa shape index (κ3) is 3.50. The molecule has 0 radical (unpaired) electrons. The first-order valence-electron chi connectivity index (χ1n) is 7.71. The molecule has 4 heteroatoms. The lowest BCUT2D eigenvalue weighted by Crippen LogP contribution is -2.22. The summed E-state index contributed by atoms with van der Waals surface area (Å²) in [4.78, 5) is 0. The molecule has 23 heavy (non-hydrogen) atoms. The van der Waals surface area contributed by atoms with Gasteiger partial charge in [-0.1, -0.05) is 46.7 Å². The highest BCUT2D eigenvalue weighted by Gasteiger charge is 2.31. The molecule has 0 fully saturated rings. The summed E-state index contributed by atoms with van der Waals surface area (Å²) >= 11 is 0. The Kier molecular flexibility index (Phi) is 5.64. The molecule has 2 aromatic carbocycles. The Bertz CT molecular complexity index is 667. The summed E-state index contributed by atoms with van der Waals surface area (Å²) in [7, 11) is 3.59. The van der Waals surface area contributed by atoms with Gasteiger partial charge in [0.15, 0.2) is 11.5 Å². The predicted molar refractivity (Wildman–Crippen MR) is 96.3 cm³/mol. The van der Waals surface area contributed by atoms with E-state index in [1.54, 1.807) is 20.3 Å². The Balaban J connectivity index is 2.53. The highest BCUT2D eigenvalue weighted by Crippen LogP contribution is 2.50. The summed E-state index contributed by atoms with van der Waals surface area (Å²) in [5.74, 6) is 1.31. The number of ether oxygens (including phenoxy) is 2. The molecule has 0 heterocycles. The Labute approximate surface area is 139 Å². The topological polar surface area (TPSA) is 18.5 Å². The number of rotatable bonds is 6. The minimum Gasteiger partial charge on any atom is -0.493 e. The minimum atomic E-state index is -0.215. The summed E-state index contributed by atoms with van der Waals surface area (Å²) < 4.78 is 25.3. The zero-order valence-electron chi connectivity index (χ0n) is 14.4. The van der Waals surface area contributed by atoms with Crippen LogP contribution in [0.2, 0.25) is 0 Å².